The van der Waals surface area contributed by atoms with E-state index in [1.54, 1.807) is 13.2 Å². The lowest BCUT2D eigenvalue weighted by Crippen LogP contribution is -2.37. The number of nitrogens with zero attached hydrogens (tertiary/aromatic N) is 2. The van der Waals surface area contributed by atoms with Crippen molar-refractivity contribution in [2.24, 2.45) is 10.9 Å². The normalized spacial score (nSPS) is 13.4. The average Bonchev–Trinajstić information content (AvgIpc) is 3.53. The van der Waals surface area contributed by atoms with Crippen LogP contribution < -0.4 is 20.1 Å². The summed E-state index contributed by atoms with van der Waals surface area (Å²) in [5.74, 6) is 3.55. The molecule has 28 heavy (non-hydrogen) atoms. The van der Waals surface area contributed by atoms with Crippen LogP contribution in [0.5, 0.6) is 17.4 Å². The Bertz CT molecular complexity index is 766. The number of aliphatic imine (C=N–C) groups is 1. The number of halogens is 1. The van der Waals surface area contributed by atoms with E-state index in [9.17, 15) is 0 Å². The van der Waals surface area contributed by atoms with Gasteiger partial charge in [-0.25, -0.2) is 4.98 Å². The Balaban J connectivity index is 0.00000280. The van der Waals surface area contributed by atoms with Crippen molar-refractivity contribution >= 4 is 29.9 Å². The topological polar surface area (TPSA) is 67.8 Å². The molecule has 152 valence electrons. The minimum atomic E-state index is 0. The van der Waals surface area contributed by atoms with Gasteiger partial charge in [0.05, 0.1) is 6.61 Å². The van der Waals surface area contributed by atoms with Crippen molar-refractivity contribution in [1.29, 1.82) is 0 Å². The molecule has 2 aromatic rings. The maximum absolute atomic E-state index is 6.08. The zero-order valence-corrected chi connectivity index (χ0v) is 18.8. The van der Waals surface area contributed by atoms with Crippen LogP contribution >= 0.6 is 24.0 Å². The largest absolute Gasteiger partial charge is 0.490 e. The molecule has 1 aliphatic rings. The van der Waals surface area contributed by atoms with E-state index in [1.165, 1.54) is 12.8 Å². The third-order valence-electron chi connectivity index (χ3n) is 4.29. The smallest absolute Gasteiger partial charge is 0.224 e. The monoisotopic (exact) mass is 496 g/mol. The highest BCUT2D eigenvalue weighted by atomic mass is 127. The molecule has 0 spiro atoms. The number of rotatable bonds is 9. The van der Waals surface area contributed by atoms with Gasteiger partial charge in [0.25, 0.3) is 0 Å². The molecule has 1 heterocycles. The van der Waals surface area contributed by atoms with E-state index in [0.29, 0.717) is 24.8 Å². The molecule has 1 saturated carbocycles. The van der Waals surface area contributed by atoms with E-state index < -0.39 is 0 Å². The van der Waals surface area contributed by atoms with Crippen LogP contribution in [0.15, 0.2) is 47.6 Å². The van der Waals surface area contributed by atoms with E-state index in [4.69, 9.17) is 9.47 Å². The van der Waals surface area contributed by atoms with Crippen molar-refractivity contribution in [2.45, 2.75) is 32.7 Å². The number of aromatic nitrogens is 1. The maximum atomic E-state index is 6.08. The van der Waals surface area contributed by atoms with Crippen molar-refractivity contribution in [3.05, 3.63) is 48.2 Å². The summed E-state index contributed by atoms with van der Waals surface area (Å²) in [7, 11) is 1.78. The lowest BCUT2D eigenvalue weighted by Gasteiger charge is -2.15. The van der Waals surface area contributed by atoms with Gasteiger partial charge in [0.2, 0.25) is 5.88 Å². The van der Waals surface area contributed by atoms with Crippen molar-refractivity contribution in [3.63, 3.8) is 0 Å². The third kappa shape index (κ3) is 6.85. The zero-order chi connectivity index (χ0) is 18.9. The van der Waals surface area contributed by atoms with Gasteiger partial charge in [-0.3, -0.25) is 4.99 Å². The molecule has 1 aromatic heterocycles. The van der Waals surface area contributed by atoms with Crippen LogP contribution in [0.3, 0.4) is 0 Å². The Kier molecular flexibility index (Phi) is 9.33. The van der Waals surface area contributed by atoms with Gasteiger partial charge < -0.3 is 20.1 Å². The SMILES string of the molecule is CCCOc1ccccc1Oc1ncccc1CNC(=NC)NCC1CC1.I. The Hall–Kier alpha value is -2.03. The van der Waals surface area contributed by atoms with E-state index in [1.807, 2.05) is 36.4 Å². The first-order valence-electron chi connectivity index (χ1n) is 9.58. The van der Waals surface area contributed by atoms with Gasteiger partial charge in [-0.05, 0) is 43.4 Å². The van der Waals surface area contributed by atoms with Gasteiger partial charge in [-0.1, -0.05) is 25.1 Å². The fourth-order valence-electron chi connectivity index (χ4n) is 2.58. The molecule has 1 aromatic carbocycles. The van der Waals surface area contributed by atoms with Crippen LogP contribution in [0.1, 0.15) is 31.7 Å². The number of hydrogen-bond donors (Lipinski definition) is 2. The molecule has 7 heteroatoms. The maximum Gasteiger partial charge on any atom is 0.224 e. The summed E-state index contributed by atoms with van der Waals surface area (Å²) in [6, 6.07) is 11.6. The van der Waals surface area contributed by atoms with Gasteiger partial charge >= 0.3 is 0 Å². The molecule has 3 rings (SSSR count). The van der Waals surface area contributed by atoms with Gasteiger partial charge in [0.15, 0.2) is 17.5 Å². The first-order chi connectivity index (χ1) is 13.3. The van der Waals surface area contributed by atoms with Crippen molar-refractivity contribution in [1.82, 2.24) is 15.6 Å². The predicted molar refractivity (Wildman–Crippen MR) is 123 cm³/mol. The van der Waals surface area contributed by atoms with Gasteiger partial charge in [0.1, 0.15) is 0 Å². The third-order valence-corrected chi connectivity index (χ3v) is 4.29. The van der Waals surface area contributed by atoms with E-state index >= 15 is 0 Å². The molecule has 0 amide bonds. The first kappa shape index (κ1) is 22.3. The number of para-hydroxylation sites is 2. The minimum absolute atomic E-state index is 0. The number of guanidine groups is 1. The molecule has 0 saturated heterocycles. The van der Waals surface area contributed by atoms with Crippen LogP contribution in [-0.2, 0) is 6.54 Å². The minimum Gasteiger partial charge on any atom is -0.490 e. The fraction of sp³-hybridized carbons (Fsp3) is 0.429. The standard InChI is InChI=1S/C21H28N4O2.HI/c1-3-13-26-18-8-4-5-9-19(18)27-20-17(7-6-12-23-20)15-25-21(22-2)24-14-16-10-11-16;/h4-9,12,16H,3,10-11,13-15H2,1-2H3,(H2,22,24,25);1H. The first-order valence-corrected chi connectivity index (χ1v) is 9.58. The molecule has 0 unspecified atom stereocenters. The summed E-state index contributed by atoms with van der Waals surface area (Å²) in [5, 5.41) is 6.69. The van der Waals surface area contributed by atoms with E-state index in [0.717, 1.165) is 36.2 Å². The van der Waals surface area contributed by atoms with Gasteiger partial charge in [-0.15, -0.1) is 24.0 Å². The summed E-state index contributed by atoms with van der Waals surface area (Å²) in [6.45, 7) is 4.28. The van der Waals surface area contributed by atoms with E-state index in [-0.39, 0.29) is 24.0 Å². The molecule has 0 radical (unpaired) electrons. The van der Waals surface area contributed by atoms with Gasteiger partial charge in [-0.2, -0.15) is 0 Å². The lowest BCUT2D eigenvalue weighted by molar-refractivity contribution is 0.300. The second-order valence-electron chi connectivity index (χ2n) is 6.61. The van der Waals surface area contributed by atoms with Gasteiger partial charge in [0, 0.05) is 31.9 Å². The highest BCUT2D eigenvalue weighted by Gasteiger charge is 2.21. The van der Waals surface area contributed by atoms with Crippen molar-refractivity contribution in [3.8, 4) is 17.4 Å². The van der Waals surface area contributed by atoms with Crippen LogP contribution in [0, 0.1) is 5.92 Å². The molecule has 1 fully saturated rings. The molecule has 0 atom stereocenters. The lowest BCUT2D eigenvalue weighted by atomic mass is 10.2. The highest BCUT2D eigenvalue weighted by molar-refractivity contribution is 14.0. The summed E-state index contributed by atoms with van der Waals surface area (Å²) >= 11 is 0. The molecular weight excluding hydrogens is 467 g/mol. The number of pyridine rings is 1. The fourth-order valence-corrected chi connectivity index (χ4v) is 2.58. The molecular formula is C21H29IN4O2. The number of ether oxygens (including phenoxy) is 2. The predicted octanol–water partition coefficient (Wildman–Crippen LogP) is 4.36. The van der Waals surface area contributed by atoms with Crippen LogP contribution in [0.4, 0.5) is 0 Å². The Labute approximate surface area is 184 Å². The second kappa shape index (κ2) is 11.7. The zero-order valence-electron chi connectivity index (χ0n) is 16.5. The summed E-state index contributed by atoms with van der Waals surface area (Å²) in [5.41, 5.74) is 0.956. The molecule has 2 N–H and O–H groups in total. The quantitative estimate of drug-likeness (QED) is 0.307. The van der Waals surface area contributed by atoms with Crippen LogP contribution in [-0.4, -0.2) is 31.1 Å². The molecule has 1 aliphatic carbocycles. The van der Waals surface area contributed by atoms with Crippen molar-refractivity contribution in [2.75, 3.05) is 20.2 Å². The molecule has 6 nitrogen and oxygen atoms in total. The number of benzene rings is 1. The number of hydrogen-bond acceptors (Lipinski definition) is 4. The van der Waals surface area contributed by atoms with E-state index in [2.05, 4.69) is 27.5 Å². The molecule has 0 bridgehead atoms. The Morgan fingerprint density at radius 2 is 1.93 bits per heavy atom. The number of nitrogens with one attached hydrogen (secondary N) is 2. The molecule has 0 aliphatic heterocycles. The Morgan fingerprint density at radius 3 is 2.64 bits per heavy atom. The summed E-state index contributed by atoms with van der Waals surface area (Å²) in [4.78, 5) is 8.68. The Morgan fingerprint density at radius 1 is 1.14 bits per heavy atom. The average molecular weight is 496 g/mol. The van der Waals surface area contributed by atoms with Crippen molar-refractivity contribution < 1.29 is 9.47 Å². The van der Waals surface area contributed by atoms with Crippen LogP contribution in [0.2, 0.25) is 0 Å². The summed E-state index contributed by atoms with van der Waals surface area (Å²) in [6.07, 6.45) is 5.29. The van der Waals surface area contributed by atoms with Crippen LogP contribution in [0.25, 0.3) is 0 Å². The highest BCUT2D eigenvalue weighted by Crippen LogP contribution is 2.32. The second-order valence-corrected chi connectivity index (χ2v) is 6.61. The summed E-state index contributed by atoms with van der Waals surface area (Å²) < 4.78 is 11.9.